The van der Waals surface area contributed by atoms with Crippen molar-refractivity contribution < 1.29 is 10.0 Å². The Morgan fingerprint density at radius 3 is 2.32 bits per heavy atom. The third-order valence-electron chi connectivity index (χ3n) is 3.98. The summed E-state index contributed by atoms with van der Waals surface area (Å²) >= 11 is 0. The largest absolute Gasteiger partial charge is 0.289 e. The number of rotatable bonds is 7. The van der Waals surface area contributed by atoms with E-state index in [9.17, 15) is 4.79 Å². The van der Waals surface area contributed by atoms with Gasteiger partial charge in [-0.05, 0) is 41.9 Å². The summed E-state index contributed by atoms with van der Waals surface area (Å²) in [7, 11) is 0. The lowest BCUT2D eigenvalue weighted by Crippen LogP contribution is -2.20. The Morgan fingerprint density at radius 2 is 1.68 bits per heavy atom. The van der Waals surface area contributed by atoms with Gasteiger partial charge in [-0.2, -0.15) is 0 Å². The van der Waals surface area contributed by atoms with Crippen molar-refractivity contribution in [2.24, 2.45) is 0 Å². The molecule has 0 aliphatic heterocycles. The van der Waals surface area contributed by atoms with Crippen molar-refractivity contribution >= 4 is 5.91 Å². The summed E-state index contributed by atoms with van der Waals surface area (Å²) in [5.74, 6) is 0.193. The molecule has 3 heteroatoms. The number of carbonyl (C=O) groups is 1. The Labute approximate surface area is 132 Å². The normalized spacial score (nSPS) is 11.9. The molecule has 2 aromatic rings. The Hall–Kier alpha value is -2.13. The second-order valence-electron chi connectivity index (χ2n) is 5.73. The molecule has 22 heavy (non-hydrogen) atoms. The van der Waals surface area contributed by atoms with Gasteiger partial charge in [0.2, 0.25) is 5.91 Å². The zero-order chi connectivity index (χ0) is 15.8. The maximum atomic E-state index is 11.1. The van der Waals surface area contributed by atoms with Crippen LogP contribution >= 0.6 is 0 Å². The van der Waals surface area contributed by atoms with Crippen molar-refractivity contribution in [1.82, 2.24) is 5.48 Å². The van der Waals surface area contributed by atoms with Crippen molar-refractivity contribution in [3.05, 3.63) is 71.3 Å². The molecular formula is C19H23NO2. The van der Waals surface area contributed by atoms with Crippen molar-refractivity contribution in [3.63, 3.8) is 0 Å². The minimum Gasteiger partial charge on any atom is -0.289 e. The number of hydroxylamine groups is 1. The van der Waals surface area contributed by atoms with Gasteiger partial charge in [-0.3, -0.25) is 10.0 Å². The van der Waals surface area contributed by atoms with Crippen LogP contribution in [0.2, 0.25) is 0 Å². The highest BCUT2D eigenvalue weighted by Crippen LogP contribution is 2.21. The van der Waals surface area contributed by atoms with Crippen molar-refractivity contribution in [3.8, 4) is 0 Å². The van der Waals surface area contributed by atoms with E-state index in [0.29, 0.717) is 5.92 Å². The van der Waals surface area contributed by atoms with E-state index in [1.54, 1.807) is 5.48 Å². The van der Waals surface area contributed by atoms with Gasteiger partial charge in [0.25, 0.3) is 0 Å². The second-order valence-corrected chi connectivity index (χ2v) is 5.73. The number of benzene rings is 2. The molecule has 2 aromatic carbocycles. The van der Waals surface area contributed by atoms with Crippen LogP contribution in [0.15, 0.2) is 54.6 Å². The van der Waals surface area contributed by atoms with Gasteiger partial charge in [0.05, 0.1) is 6.42 Å². The summed E-state index contributed by atoms with van der Waals surface area (Å²) in [6, 6.07) is 18.6. The van der Waals surface area contributed by atoms with Crippen LogP contribution in [-0.2, 0) is 17.6 Å². The van der Waals surface area contributed by atoms with E-state index in [0.717, 1.165) is 18.4 Å². The summed E-state index contributed by atoms with van der Waals surface area (Å²) in [5, 5.41) is 8.51. The van der Waals surface area contributed by atoms with Gasteiger partial charge < -0.3 is 0 Å². The number of nitrogens with one attached hydrogen (secondary N) is 1. The van der Waals surface area contributed by atoms with Crippen LogP contribution < -0.4 is 5.48 Å². The maximum absolute atomic E-state index is 11.1. The Bertz CT molecular complexity index is 578. The monoisotopic (exact) mass is 297 g/mol. The van der Waals surface area contributed by atoms with Crippen LogP contribution in [0.5, 0.6) is 0 Å². The smallest absolute Gasteiger partial charge is 0.247 e. The van der Waals surface area contributed by atoms with E-state index in [2.05, 4.69) is 49.4 Å². The molecule has 1 unspecified atom stereocenters. The predicted molar refractivity (Wildman–Crippen MR) is 87.9 cm³/mol. The Kier molecular flexibility index (Phi) is 6.16. The molecule has 0 radical (unpaired) electrons. The summed E-state index contributed by atoms with van der Waals surface area (Å²) in [5.41, 5.74) is 5.24. The minimum absolute atomic E-state index is 0.210. The van der Waals surface area contributed by atoms with Gasteiger partial charge in [-0.15, -0.1) is 0 Å². The topological polar surface area (TPSA) is 49.3 Å². The van der Waals surface area contributed by atoms with Crippen LogP contribution in [0, 0.1) is 0 Å². The molecular weight excluding hydrogens is 274 g/mol. The number of hydrogen-bond acceptors (Lipinski definition) is 2. The first kappa shape index (κ1) is 16.2. The average molecular weight is 297 g/mol. The molecule has 0 fully saturated rings. The highest BCUT2D eigenvalue weighted by atomic mass is 16.5. The molecule has 1 atom stereocenters. The summed E-state index contributed by atoms with van der Waals surface area (Å²) < 4.78 is 0. The SMILES string of the molecule is CC(CCCc1ccc(CC(=O)NO)cc1)c1ccccc1. The van der Waals surface area contributed by atoms with Gasteiger partial charge in [0, 0.05) is 0 Å². The Morgan fingerprint density at radius 1 is 1.05 bits per heavy atom. The fourth-order valence-corrected chi connectivity index (χ4v) is 2.61. The predicted octanol–water partition coefficient (Wildman–Crippen LogP) is 3.86. The lowest BCUT2D eigenvalue weighted by atomic mass is 9.94. The van der Waals surface area contributed by atoms with Gasteiger partial charge >= 0.3 is 0 Å². The Balaban J connectivity index is 1.78. The first-order valence-electron chi connectivity index (χ1n) is 7.74. The molecule has 0 aromatic heterocycles. The van der Waals surface area contributed by atoms with E-state index in [1.165, 1.54) is 17.5 Å². The van der Waals surface area contributed by atoms with Gasteiger partial charge in [-0.1, -0.05) is 61.5 Å². The zero-order valence-electron chi connectivity index (χ0n) is 13.0. The quantitative estimate of drug-likeness (QED) is 0.602. The molecule has 3 nitrogen and oxygen atoms in total. The highest BCUT2D eigenvalue weighted by Gasteiger charge is 2.05. The molecule has 0 bridgehead atoms. The molecule has 116 valence electrons. The summed E-state index contributed by atoms with van der Waals surface area (Å²) in [4.78, 5) is 11.1. The first-order valence-corrected chi connectivity index (χ1v) is 7.74. The number of amides is 1. The van der Waals surface area contributed by atoms with Gasteiger partial charge in [-0.25, -0.2) is 5.48 Å². The van der Waals surface area contributed by atoms with Crippen LogP contribution in [0.25, 0.3) is 0 Å². The molecule has 2 rings (SSSR count). The van der Waals surface area contributed by atoms with E-state index in [-0.39, 0.29) is 12.3 Å². The molecule has 0 spiro atoms. The highest BCUT2D eigenvalue weighted by molar-refractivity contribution is 5.77. The third-order valence-corrected chi connectivity index (χ3v) is 3.98. The average Bonchev–Trinajstić information content (AvgIpc) is 2.57. The fraction of sp³-hybridized carbons (Fsp3) is 0.316. The fourth-order valence-electron chi connectivity index (χ4n) is 2.61. The molecule has 0 aliphatic rings. The van der Waals surface area contributed by atoms with Crippen LogP contribution in [0.3, 0.4) is 0 Å². The van der Waals surface area contributed by atoms with E-state index in [4.69, 9.17) is 5.21 Å². The third kappa shape index (κ3) is 5.01. The van der Waals surface area contributed by atoms with Crippen LogP contribution in [0.1, 0.15) is 42.4 Å². The number of carbonyl (C=O) groups excluding carboxylic acids is 1. The van der Waals surface area contributed by atoms with Crippen molar-refractivity contribution in [2.45, 2.75) is 38.5 Å². The molecule has 0 heterocycles. The zero-order valence-corrected chi connectivity index (χ0v) is 13.0. The van der Waals surface area contributed by atoms with Crippen LogP contribution in [0.4, 0.5) is 0 Å². The first-order chi connectivity index (χ1) is 10.7. The van der Waals surface area contributed by atoms with Gasteiger partial charge in [0.1, 0.15) is 0 Å². The molecule has 0 saturated carbocycles. The summed E-state index contributed by atoms with van der Waals surface area (Å²) in [6.07, 6.45) is 3.57. The molecule has 0 aliphatic carbocycles. The van der Waals surface area contributed by atoms with E-state index < -0.39 is 0 Å². The minimum atomic E-state index is -0.385. The number of aryl methyl sites for hydroxylation is 1. The van der Waals surface area contributed by atoms with Crippen LogP contribution in [-0.4, -0.2) is 11.1 Å². The van der Waals surface area contributed by atoms with Gasteiger partial charge in [0.15, 0.2) is 0 Å². The summed E-state index contributed by atoms with van der Waals surface area (Å²) in [6.45, 7) is 2.27. The van der Waals surface area contributed by atoms with Crippen molar-refractivity contribution in [2.75, 3.05) is 0 Å². The molecule has 1 amide bonds. The standard InChI is InChI=1S/C19H23NO2/c1-15(18-8-3-2-4-9-18)6-5-7-16-10-12-17(13-11-16)14-19(21)20-22/h2-4,8-13,15,22H,5-7,14H2,1H3,(H,20,21). The van der Waals surface area contributed by atoms with E-state index >= 15 is 0 Å². The maximum Gasteiger partial charge on any atom is 0.247 e. The lowest BCUT2D eigenvalue weighted by Gasteiger charge is -2.11. The number of hydrogen-bond donors (Lipinski definition) is 2. The lowest BCUT2D eigenvalue weighted by molar-refractivity contribution is -0.128. The molecule has 2 N–H and O–H groups in total. The van der Waals surface area contributed by atoms with Crippen molar-refractivity contribution in [1.29, 1.82) is 0 Å². The molecule has 0 saturated heterocycles. The van der Waals surface area contributed by atoms with E-state index in [1.807, 2.05) is 12.1 Å². The second kappa shape index (κ2) is 8.35.